The van der Waals surface area contributed by atoms with Crippen molar-refractivity contribution in [2.24, 2.45) is 0 Å². The summed E-state index contributed by atoms with van der Waals surface area (Å²) in [5.41, 5.74) is 0.748. The van der Waals surface area contributed by atoms with Crippen LogP contribution in [0, 0.1) is 11.6 Å². The zero-order valence-electron chi connectivity index (χ0n) is 17.3. The van der Waals surface area contributed by atoms with E-state index in [0.29, 0.717) is 17.0 Å². The zero-order valence-corrected chi connectivity index (χ0v) is 17.3. The van der Waals surface area contributed by atoms with Gasteiger partial charge in [-0.2, -0.15) is 0 Å². The van der Waals surface area contributed by atoms with Crippen molar-refractivity contribution in [1.29, 1.82) is 0 Å². The average Bonchev–Trinajstić information content (AvgIpc) is 3.49. The standard InChI is InChI=1S/C24H19F2N3O4/c25-15-7-8-17(19(26)12-15)21-14-27-23(33-21)10-9-22(30)29-20-6-2-1-5-18(20)24(31)28-13-16-4-3-11-32-16/h1-8,11-12,14H,9-10,13H2,(H,28,31)(H,29,30). The van der Waals surface area contributed by atoms with Crippen LogP contribution in [0.25, 0.3) is 11.3 Å². The van der Waals surface area contributed by atoms with E-state index in [2.05, 4.69) is 15.6 Å². The smallest absolute Gasteiger partial charge is 0.253 e. The van der Waals surface area contributed by atoms with Gasteiger partial charge < -0.3 is 19.5 Å². The van der Waals surface area contributed by atoms with Crippen LogP contribution in [0.5, 0.6) is 0 Å². The van der Waals surface area contributed by atoms with E-state index in [1.54, 1.807) is 36.4 Å². The molecule has 33 heavy (non-hydrogen) atoms. The summed E-state index contributed by atoms with van der Waals surface area (Å²) in [6.07, 6.45) is 3.01. The number of aryl methyl sites for hydroxylation is 1. The van der Waals surface area contributed by atoms with E-state index in [4.69, 9.17) is 8.83 Å². The molecule has 0 saturated carbocycles. The van der Waals surface area contributed by atoms with E-state index in [9.17, 15) is 18.4 Å². The van der Waals surface area contributed by atoms with Crippen molar-refractivity contribution in [3.8, 4) is 11.3 Å². The van der Waals surface area contributed by atoms with Gasteiger partial charge >= 0.3 is 0 Å². The molecule has 9 heteroatoms. The van der Waals surface area contributed by atoms with E-state index >= 15 is 0 Å². The summed E-state index contributed by atoms with van der Waals surface area (Å²) in [5, 5.41) is 5.45. The molecule has 4 rings (SSSR count). The number of nitrogens with zero attached hydrogens (tertiary/aromatic N) is 1. The van der Waals surface area contributed by atoms with Gasteiger partial charge in [0.2, 0.25) is 5.91 Å². The normalized spacial score (nSPS) is 10.7. The van der Waals surface area contributed by atoms with Crippen LogP contribution in [0.15, 0.2) is 75.9 Å². The number of para-hydroxylation sites is 1. The van der Waals surface area contributed by atoms with Crippen LogP contribution < -0.4 is 10.6 Å². The maximum absolute atomic E-state index is 13.9. The van der Waals surface area contributed by atoms with Gasteiger partial charge in [0.15, 0.2) is 11.7 Å². The molecule has 0 fully saturated rings. The van der Waals surface area contributed by atoms with E-state index in [1.807, 2.05) is 0 Å². The topological polar surface area (TPSA) is 97.4 Å². The predicted octanol–water partition coefficient (Wildman–Crippen LogP) is 4.71. The molecule has 2 N–H and O–H groups in total. The second-order valence-electron chi connectivity index (χ2n) is 7.10. The number of amides is 2. The summed E-state index contributed by atoms with van der Waals surface area (Å²) in [6, 6.07) is 13.2. The van der Waals surface area contributed by atoms with Crippen LogP contribution in [0.3, 0.4) is 0 Å². The lowest BCUT2D eigenvalue weighted by Crippen LogP contribution is -2.24. The zero-order chi connectivity index (χ0) is 23.2. The van der Waals surface area contributed by atoms with E-state index < -0.39 is 11.6 Å². The summed E-state index contributed by atoms with van der Waals surface area (Å²) in [7, 11) is 0. The summed E-state index contributed by atoms with van der Waals surface area (Å²) >= 11 is 0. The third kappa shape index (κ3) is 5.51. The van der Waals surface area contributed by atoms with Crippen molar-refractivity contribution in [3.63, 3.8) is 0 Å². The van der Waals surface area contributed by atoms with Gasteiger partial charge in [0.1, 0.15) is 17.4 Å². The minimum absolute atomic E-state index is 0.0220. The molecule has 0 saturated heterocycles. The summed E-state index contributed by atoms with van der Waals surface area (Å²) in [5.74, 6) is -1.19. The monoisotopic (exact) mass is 451 g/mol. The lowest BCUT2D eigenvalue weighted by molar-refractivity contribution is -0.116. The molecule has 2 amide bonds. The Bertz CT molecular complexity index is 1270. The van der Waals surface area contributed by atoms with E-state index in [1.165, 1.54) is 18.5 Å². The Morgan fingerprint density at radius 1 is 1.03 bits per heavy atom. The number of hydrogen-bond donors (Lipinski definition) is 2. The van der Waals surface area contributed by atoms with E-state index in [0.717, 1.165) is 12.1 Å². The number of carbonyl (C=O) groups excluding carboxylic acids is 2. The van der Waals surface area contributed by atoms with Crippen molar-refractivity contribution in [2.75, 3.05) is 5.32 Å². The fourth-order valence-electron chi connectivity index (χ4n) is 3.14. The first kappa shape index (κ1) is 21.9. The first-order valence-electron chi connectivity index (χ1n) is 10.1. The van der Waals surface area contributed by atoms with Crippen molar-refractivity contribution in [3.05, 3.63) is 95.9 Å². The van der Waals surface area contributed by atoms with Crippen LogP contribution in [-0.4, -0.2) is 16.8 Å². The lowest BCUT2D eigenvalue weighted by Gasteiger charge is -2.10. The lowest BCUT2D eigenvalue weighted by atomic mass is 10.1. The number of furan rings is 1. The van der Waals surface area contributed by atoms with Crippen LogP contribution in [0.4, 0.5) is 14.5 Å². The van der Waals surface area contributed by atoms with Gasteiger partial charge in [-0.3, -0.25) is 9.59 Å². The molecule has 0 spiro atoms. The highest BCUT2D eigenvalue weighted by Crippen LogP contribution is 2.24. The number of anilines is 1. The number of halogens is 2. The molecular formula is C24H19F2N3O4. The fraction of sp³-hybridized carbons (Fsp3) is 0.125. The maximum Gasteiger partial charge on any atom is 0.253 e. The summed E-state index contributed by atoms with van der Waals surface area (Å²) in [6.45, 7) is 0.218. The van der Waals surface area contributed by atoms with Gasteiger partial charge in [0.25, 0.3) is 5.91 Å². The van der Waals surface area contributed by atoms with Crippen molar-refractivity contribution < 1.29 is 27.2 Å². The number of hydrogen-bond acceptors (Lipinski definition) is 5. The number of benzene rings is 2. The Morgan fingerprint density at radius 2 is 1.88 bits per heavy atom. The van der Waals surface area contributed by atoms with Gasteiger partial charge in [-0.15, -0.1) is 0 Å². The summed E-state index contributed by atoms with van der Waals surface area (Å²) < 4.78 is 37.7. The second-order valence-corrected chi connectivity index (χ2v) is 7.10. The molecule has 0 aliphatic carbocycles. The third-order valence-electron chi connectivity index (χ3n) is 4.77. The number of carbonyl (C=O) groups is 2. The number of rotatable bonds is 8. The molecule has 2 heterocycles. The molecular weight excluding hydrogens is 432 g/mol. The van der Waals surface area contributed by atoms with Crippen LogP contribution >= 0.6 is 0 Å². The largest absolute Gasteiger partial charge is 0.467 e. The highest BCUT2D eigenvalue weighted by Gasteiger charge is 2.15. The van der Waals surface area contributed by atoms with Crippen LogP contribution in [0.1, 0.15) is 28.4 Å². The maximum atomic E-state index is 13.9. The highest BCUT2D eigenvalue weighted by molar-refractivity contribution is 6.03. The molecule has 0 unspecified atom stereocenters. The molecule has 0 aliphatic heterocycles. The third-order valence-corrected chi connectivity index (χ3v) is 4.77. The van der Waals surface area contributed by atoms with E-state index in [-0.39, 0.29) is 48.4 Å². The number of aromatic nitrogens is 1. The number of nitrogens with one attached hydrogen (secondary N) is 2. The van der Waals surface area contributed by atoms with Crippen LogP contribution in [-0.2, 0) is 17.8 Å². The Balaban J connectivity index is 1.35. The van der Waals surface area contributed by atoms with Gasteiger partial charge in [-0.25, -0.2) is 13.8 Å². The molecule has 0 atom stereocenters. The van der Waals surface area contributed by atoms with Gasteiger partial charge in [-0.1, -0.05) is 12.1 Å². The Morgan fingerprint density at radius 3 is 2.67 bits per heavy atom. The molecule has 7 nitrogen and oxygen atoms in total. The minimum atomic E-state index is -0.766. The first-order valence-corrected chi connectivity index (χ1v) is 10.1. The minimum Gasteiger partial charge on any atom is -0.467 e. The Labute approximate surface area is 187 Å². The van der Waals surface area contributed by atoms with Crippen molar-refractivity contribution in [1.82, 2.24) is 10.3 Å². The highest BCUT2D eigenvalue weighted by atomic mass is 19.1. The fourth-order valence-corrected chi connectivity index (χ4v) is 3.14. The van der Waals surface area contributed by atoms with Gasteiger partial charge in [0.05, 0.1) is 35.8 Å². The first-order chi connectivity index (χ1) is 16.0. The van der Waals surface area contributed by atoms with Gasteiger partial charge in [0, 0.05) is 18.9 Å². The Kier molecular flexibility index (Phi) is 6.58. The molecule has 168 valence electrons. The molecule has 0 bridgehead atoms. The average molecular weight is 451 g/mol. The molecule has 2 aromatic heterocycles. The molecule has 0 aliphatic rings. The van der Waals surface area contributed by atoms with Crippen molar-refractivity contribution >= 4 is 17.5 Å². The predicted molar refractivity (Wildman–Crippen MR) is 115 cm³/mol. The van der Waals surface area contributed by atoms with Crippen LogP contribution in [0.2, 0.25) is 0 Å². The van der Waals surface area contributed by atoms with Crippen molar-refractivity contribution in [2.45, 2.75) is 19.4 Å². The SMILES string of the molecule is O=C(CCc1ncc(-c2ccc(F)cc2F)o1)Nc1ccccc1C(=O)NCc1ccco1. The second kappa shape index (κ2) is 9.90. The Hall–Kier alpha value is -4.27. The molecule has 2 aromatic carbocycles. The summed E-state index contributed by atoms with van der Waals surface area (Å²) in [4.78, 5) is 29.0. The molecule has 4 aromatic rings. The number of oxazole rings is 1. The van der Waals surface area contributed by atoms with Gasteiger partial charge in [-0.05, 0) is 36.4 Å². The quantitative estimate of drug-likeness (QED) is 0.404. The molecule has 0 radical (unpaired) electrons.